The first-order valence-corrected chi connectivity index (χ1v) is 3.88. The third-order valence-electron chi connectivity index (χ3n) is 1.33. The van der Waals surface area contributed by atoms with E-state index in [9.17, 15) is 0 Å². The van der Waals surface area contributed by atoms with E-state index in [0.29, 0.717) is 10.3 Å². The molecule has 58 valence electrons. The number of rotatable bonds is 0. The lowest BCUT2D eigenvalue weighted by atomic mass is 10.5. The molecule has 2 rings (SSSR count). The predicted molar refractivity (Wildman–Crippen MR) is 43.2 cm³/mol. The van der Waals surface area contributed by atoms with E-state index in [2.05, 4.69) is 31.2 Å². The van der Waals surface area contributed by atoms with Crippen molar-refractivity contribution in [3.8, 4) is 6.07 Å². The van der Waals surface area contributed by atoms with E-state index in [1.54, 1.807) is 12.1 Å². The van der Waals surface area contributed by atoms with Gasteiger partial charge in [0.2, 0.25) is 0 Å². The summed E-state index contributed by atoms with van der Waals surface area (Å²) in [7, 11) is 0. The number of fused-ring (bicyclic) bond motifs is 1. The molecule has 5 nitrogen and oxygen atoms in total. The third-order valence-corrected chi connectivity index (χ3v) is 1.75. The maximum atomic E-state index is 8.59. The molecular weight excluding hydrogens is 222 g/mol. The monoisotopic (exact) mass is 223 g/mol. The average molecular weight is 224 g/mol. The van der Waals surface area contributed by atoms with Crippen LogP contribution in [-0.2, 0) is 0 Å². The lowest BCUT2D eigenvalue weighted by Crippen LogP contribution is -1.94. The minimum atomic E-state index is 0.186. The van der Waals surface area contributed by atoms with Crippen molar-refractivity contribution >= 4 is 21.6 Å². The average Bonchev–Trinajstić information content (AvgIpc) is 2.46. The van der Waals surface area contributed by atoms with Crippen LogP contribution in [0.2, 0.25) is 0 Å². The van der Waals surface area contributed by atoms with E-state index >= 15 is 0 Å². The first-order valence-electron chi connectivity index (χ1n) is 3.09. The second kappa shape index (κ2) is 2.53. The molecule has 0 aromatic carbocycles. The minimum absolute atomic E-state index is 0.186. The van der Waals surface area contributed by atoms with Crippen LogP contribution in [-0.4, -0.2) is 19.8 Å². The highest BCUT2D eigenvalue weighted by molar-refractivity contribution is 9.10. The van der Waals surface area contributed by atoms with Gasteiger partial charge in [-0.1, -0.05) is 0 Å². The molecule has 0 bridgehead atoms. The van der Waals surface area contributed by atoms with Crippen molar-refractivity contribution in [2.24, 2.45) is 0 Å². The van der Waals surface area contributed by atoms with Gasteiger partial charge in [-0.05, 0) is 28.1 Å². The van der Waals surface area contributed by atoms with E-state index in [-0.39, 0.29) is 5.82 Å². The smallest absolute Gasteiger partial charge is 0.189 e. The summed E-state index contributed by atoms with van der Waals surface area (Å²) in [5.74, 6) is 0.186. The second-order valence-electron chi connectivity index (χ2n) is 2.06. The number of hydrogen-bond donors (Lipinski definition) is 0. The van der Waals surface area contributed by atoms with Crippen molar-refractivity contribution < 1.29 is 0 Å². The van der Waals surface area contributed by atoms with E-state index in [4.69, 9.17) is 5.26 Å². The first kappa shape index (κ1) is 7.18. The molecule has 0 N–H and O–H groups in total. The topological polar surface area (TPSA) is 66.9 Å². The third kappa shape index (κ3) is 0.950. The molecule has 0 saturated heterocycles. The Hall–Kier alpha value is -1.48. The highest BCUT2D eigenvalue weighted by Crippen LogP contribution is 2.07. The Labute approximate surface area is 75.8 Å². The zero-order chi connectivity index (χ0) is 8.55. The van der Waals surface area contributed by atoms with E-state index in [1.807, 2.05) is 6.07 Å². The van der Waals surface area contributed by atoms with Gasteiger partial charge in [-0.2, -0.15) is 14.9 Å². The van der Waals surface area contributed by atoms with Crippen LogP contribution in [0.15, 0.2) is 16.7 Å². The quantitative estimate of drug-likeness (QED) is 0.662. The maximum Gasteiger partial charge on any atom is 0.256 e. The summed E-state index contributed by atoms with van der Waals surface area (Å²) in [6.07, 6.45) is 0. The van der Waals surface area contributed by atoms with Gasteiger partial charge in [-0.15, -0.1) is 10.2 Å². The maximum absolute atomic E-state index is 8.59. The van der Waals surface area contributed by atoms with Gasteiger partial charge in [0.25, 0.3) is 5.82 Å². The summed E-state index contributed by atoms with van der Waals surface area (Å²) in [5.41, 5.74) is 0.565. The summed E-state index contributed by atoms with van der Waals surface area (Å²) in [6.45, 7) is 0. The Bertz CT molecular complexity index is 468. The fraction of sp³-hybridized carbons (Fsp3) is 0. The minimum Gasteiger partial charge on any atom is -0.189 e. The van der Waals surface area contributed by atoms with Gasteiger partial charge in [0.1, 0.15) is 10.7 Å². The van der Waals surface area contributed by atoms with Crippen molar-refractivity contribution in [2.45, 2.75) is 0 Å². The molecule has 0 radical (unpaired) electrons. The van der Waals surface area contributed by atoms with Crippen LogP contribution in [0.1, 0.15) is 5.82 Å². The van der Waals surface area contributed by atoms with Gasteiger partial charge in [0, 0.05) is 0 Å². The summed E-state index contributed by atoms with van der Waals surface area (Å²) in [4.78, 5) is 0. The lowest BCUT2D eigenvalue weighted by molar-refractivity contribution is 0.888. The molecule has 0 fully saturated rings. The number of aromatic nitrogens is 4. The van der Waals surface area contributed by atoms with Crippen molar-refractivity contribution in [3.05, 3.63) is 22.6 Å². The van der Waals surface area contributed by atoms with E-state index in [1.165, 1.54) is 4.52 Å². The van der Waals surface area contributed by atoms with Crippen molar-refractivity contribution in [1.29, 1.82) is 5.26 Å². The first-order chi connectivity index (χ1) is 5.81. The van der Waals surface area contributed by atoms with E-state index < -0.39 is 0 Å². The summed E-state index contributed by atoms with van der Waals surface area (Å²) in [6, 6.07) is 5.35. The molecule has 12 heavy (non-hydrogen) atoms. The molecule has 0 aliphatic rings. The highest BCUT2D eigenvalue weighted by Gasteiger charge is 2.04. The molecule has 2 aromatic heterocycles. The molecule has 0 saturated carbocycles. The lowest BCUT2D eigenvalue weighted by Gasteiger charge is -1.90. The predicted octanol–water partition coefficient (Wildman–Crippen LogP) is 0.758. The molecule has 0 amide bonds. The molecule has 2 aromatic rings. The fourth-order valence-corrected chi connectivity index (χ4v) is 1.13. The molecule has 0 atom stereocenters. The summed E-state index contributed by atoms with van der Waals surface area (Å²) >= 11 is 3.18. The van der Waals surface area contributed by atoms with Crippen LogP contribution >= 0.6 is 15.9 Å². The summed E-state index contributed by atoms with van der Waals surface area (Å²) < 4.78 is 2.02. The Balaban J connectivity index is 2.86. The molecule has 6 heteroatoms. The number of nitriles is 1. The second-order valence-corrected chi connectivity index (χ2v) is 2.87. The largest absolute Gasteiger partial charge is 0.256 e. The van der Waals surface area contributed by atoms with Crippen molar-refractivity contribution in [1.82, 2.24) is 19.8 Å². The fourth-order valence-electron chi connectivity index (χ4n) is 0.836. The highest BCUT2D eigenvalue weighted by atomic mass is 79.9. The SMILES string of the molecule is N#Cc1nnc2ccc(Br)nn12. The van der Waals surface area contributed by atoms with Crippen LogP contribution in [0, 0.1) is 11.3 Å². The summed E-state index contributed by atoms with van der Waals surface area (Å²) in [5, 5.41) is 19.9. The van der Waals surface area contributed by atoms with Gasteiger partial charge in [0.15, 0.2) is 5.65 Å². The van der Waals surface area contributed by atoms with Gasteiger partial charge in [-0.25, -0.2) is 0 Å². The van der Waals surface area contributed by atoms with Gasteiger partial charge >= 0.3 is 0 Å². The van der Waals surface area contributed by atoms with Gasteiger partial charge in [-0.3, -0.25) is 0 Å². The van der Waals surface area contributed by atoms with Crippen LogP contribution < -0.4 is 0 Å². The Kier molecular flexibility index (Phi) is 1.52. The van der Waals surface area contributed by atoms with Crippen LogP contribution in [0.3, 0.4) is 0 Å². The molecule has 0 aliphatic carbocycles. The number of nitrogens with zero attached hydrogens (tertiary/aromatic N) is 5. The number of halogens is 1. The van der Waals surface area contributed by atoms with Crippen molar-refractivity contribution in [3.63, 3.8) is 0 Å². The Morgan fingerprint density at radius 1 is 1.42 bits per heavy atom. The molecule has 0 aliphatic heterocycles. The van der Waals surface area contributed by atoms with Gasteiger partial charge < -0.3 is 0 Å². The van der Waals surface area contributed by atoms with E-state index in [0.717, 1.165) is 0 Å². The Morgan fingerprint density at radius 3 is 3.00 bits per heavy atom. The normalized spacial score (nSPS) is 10.0. The molecule has 0 unspecified atom stereocenters. The van der Waals surface area contributed by atoms with Crippen molar-refractivity contribution in [2.75, 3.05) is 0 Å². The van der Waals surface area contributed by atoms with Crippen LogP contribution in [0.25, 0.3) is 5.65 Å². The number of hydrogen-bond acceptors (Lipinski definition) is 4. The Morgan fingerprint density at radius 2 is 2.25 bits per heavy atom. The molecular formula is C6H2BrN5. The zero-order valence-corrected chi connectivity index (χ0v) is 7.35. The van der Waals surface area contributed by atoms with Crippen LogP contribution in [0.5, 0.6) is 0 Å². The zero-order valence-electron chi connectivity index (χ0n) is 5.77. The van der Waals surface area contributed by atoms with Gasteiger partial charge in [0.05, 0.1) is 0 Å². The van der Waals surface area contributed by atoms with Crippen LogP contribution in [0.4, 0.5) is 0 Å². The molecule has 2 heterocycles. The standard InChI is InChI=1S/C6H2BrN5/c7-4-1-2-5-9-10-6(3-8)12(5)11-4/h1-2H. The molecule has 0 spiro atoms.